The Morgan fingerprint density at radius 2 is 1.72 bits per heavy atom. The monoisotopic (exact) mass is 381 g/mol. The third-order valence-corrected chi connectivity index (χ3v) is 6.03. The van der Waals surface area contributed by atoms with Crippen LogP contribution in [0.15, 0.2) is 54.7 Å². The topological polar surface area (TPSA) is 52.6 Å². The fraction of sp³-hybridized carbons (Fsp3) is 0.208. The van der Waals surface area contributed by atoms with Gasteiger partial charge in [0.15, 0.2) is 0 Å². The van der Waals surface area contributed by atoms with Crippen LogP contribution in [0.5, 0.6) is 0 Å². The minimum absolute atomic E-state index is 0.969. The van der Waals surface area contributed by atoms with E-state index in [9.17, 15) is 0 Å². The maximum absolute atomic E-state index is 5.11. The van der Waals surface area contributed by atoms with Crippen LogP contribution in [0.3, 0.4) is 0 Å². The van der Waals surface area contributed by atoms with Gasteiger partial charge in [-0.25, -0.2) is 4.98 Å². The van der Waals surface area contributed by atoms with Gasteiger partial charge in [-0.15, -0.1) is 0 Å². The number of nitrogens with zero attached hydrogens (tertiary/aromatic N) is 3. The number of hydrogen-bond donors (Lipinski definition) is 2. The number of benzene rings is 3. The highest BCUT2D eigenvalue weighted by atomic mass is 15.1. The van der Waals surface area contributed by atoms with Crippen LogP contribution in [-0.2, 0) is 6.54 Å². The third kappa shape index (κ3) is 2.28. The van der Waals surface area contributed by atoms with E-state index < -0.39 is 0 Å². The number of fused-ring (bicyclic) bond motifs is 10. The van der Waals surface area contributed by atoms with Gasteiger partial charge in [-0.05, 0) is 39.2 Å². The SMILES string of the molecule is CN(C)CCCn1c2ccccc2c2c3[nH][nH]cc3c3c4ccccc4nc3c21. The highest BCUT2D eigenvalue weighted by molar-refractivity contribution is 6.34. The normalized spacial score (nSPS) is 12.5. The van der Waals surface area contributed by atoms with Gasteiger partial charge in [0, 0.05) is 45.2 Å². The van der Waals surface area contributed by atoms with Crippen LogP contribution in [-0.4, -0.2) is 45.3 Å². The molecule has 0 unspecified atom stereocenters. The maximum atomic E-state index is 5.11. The molecule has 0 saturated heterocycles. The maximum Gasteiger partial charge on any atom is 0.0967 e. The highest BCUT2D eigenvalue weighted by Gasteiger charge is 2.21. The van der Waals surface area contributed by atoms with Gasteiger partial charge in [-0.2, -0.15) is 0 Å². The number of rotatable bonds is 4. The number of aryl methyl sites for hydroxylation is 1. The Hall–Kier alpha value is -3.31. The quantitative estimate of drug-likeness (QED) is 0.438. The summed E-state index contributed by atoms with van der Waals surface area (Å²) in [5.41, 5.74) is 5.83. The van der Waals surface area contributed by atoms with E-state index in [0.717, 1.165) is 36.1 Å². The van der Waals surface area contributed by atoms with Crippen LogP contribution in [0.2, 0.25) is 0 Å². The molecule has 5 nitrogen and oxygen atoms in total. The summed E-state index contributed by atoms with van der Waals surface area (Å²) >= 11 is 0. The van der Waals surface area contributed by atoms with E-state index >= 15 is 0 Å². The second-order valence-electron chi connectivity index (χ2n) is 8.10. The van der Waals surface area contributed by atoms with Gasteiger partial charge in [-0.1, -0.05) is 36.4 Å². The van der Waals surface area contributed by atoms with E-state index in [4.69, 9.17) is 4.98 Å². The summed E-state index contributed by atoms with van der Waals surface area (Å²) in [6.45, 7) is 2.03. The molecule has 6 rings (SSSR count). The molecular weight excluding hydrogens is 358 g/mol. The van der Waals surface area contributed by atoms with Crippen molar-refractivity contribution in [1.82, 2.24) is 24.6 Å². The van der Waals surface area contributed by atoms with E-state index in [2.05, 4.69) is 88.5 Å². The predicted octanol–water partition coefficient (Wildman–Crippen LogP) is 5.26. The van der Waals surface area contributed by atoms with Crippen molar-refractivity contribution in [1.29, 1.82) is 0 Å². The lowest BCUT2D eigenvalue weighted by atomic mass is 10.0. The molecule has 0 spiro atoms. The summed E-state index contributed by atoms with van der Waals surface area (Å²) < 4.78 is 2.47. The van der Waals surface area contributed by atoms with Crippen molar-refractivity contribution in [3.63, 3.8) is 0 Å². The van der Waals surface area contributed by atoms with Gasteiger partial charge < -0.3 is 19.7 Å². The molecule has 0 bridgehead atoms. The van der Waals surface area contributed by atoms with Gasteiger partial charge in [-0.3, -0.25) is 0 Å². The van der Waals surface area contributed by atoms with Crippen molar-refractivity contribution in [3.05, 3.63) is 54.7 Å². The second-order valence-corrected chi connectivity index (χ2v) is 8.10. The standard InChI is InChI=1S/C24H23N5/c1-28(2)12-7-13-29-19-11-6-4-9-16(19)21-22-17(14-25-27-22)20-15-8-3-5-10-18(15)26-23(20)24(21)29/h3-6,8-11,14,25,27H,7,12-13H2,1-2H3. The Morgan fingerprint density at radius 3 is 2.59 bits per heavy atom. The molecule has 5 heteroatoms. The highest BCUT2D eigenvalue weighted by Crippen LogP contribution is 2.42. The van der Waals surface area contributed by atoms with Crippen molar-refractivity contribution in [3.8, 4) is 0 Å². The van der Waals surface area contributed by atoms with Crippen LogP contribution in [0.4, 0.5) is 0 Å². The molecule has 3 aromatic carbocycles. The van der Waals surface area contributed by atoms with E-state index in [1.807, 2.05) is 0 Å². The molecule has 0 aliphatic rings. The zero-order valence-corrected chi connectivity index (χ0v) is 16.7. The Morgan fingerprint density at radius 1 is 0.931 bits per heavy atom. The minimum Gasteiger partial charge on any atom is -0.339 e. The van der Waals surface area contributed by atoms with E-state index in [-0.39, 0.29) is 0 Å². The van der Waals surface area contributed by atoms with Crippen molar-refractivity contribution in [2.24, 2.45) is 0 Å². The average Bonchev–Trinajstić information content (AvgIpc) is 3.41. The molecule has 0 saturated carbocycles. The van der Waals surface area contributed by atoms with Crippen molar-refractivity contribution >= 4 is 54.5 Å². The zero-order valence-electron chi connectivity index (χ0n) is 16.7. The summed E-state index contributed by atoms with van der Waals surface area (Å²) in [6.07, 6.45) is 3.17. The molecule has 0 amide bonds. The molecule has 6 aromatic rings. The van der Waals surface area contributed by atoms with E-state index in [1.54, 1.807) is 0 Å². The summed E-state index contributed by atoms with van der Waals surface area (Å²) in [5.74, 6) is 0. The number of H-pyrrole nitrogens is 2. The Kier molecular flexibility index (Phi) is 3.49. The van der Waals surface area contributed by atoms with Gasteiger partial charge in [0.2, 0.25) is 0 Å². The summed E-state index contributed by atoms with van der Waals surface area (Å²) in [5, 5.41) is 12.9. The summed E-state index contributed by atoms with van der Waals surface area (Å²) in [4.78, 5) is 7.36. The lowest BCUT2D eigenvalue weighted by molar-refractivity contribution is 0.389. The minimum atomic E-state index is 0.969. The molecular formula is C24H23N5. The Bertz CT molecular complexity index is 1510. The van der Waals surface area contributed by atoms with Gasteiger partial charge in [0.05, 0.1) is 22.1 Å². The zero-order chi connectivity index (χ0) is 19.5. The largest absolute Gasteiger partial charge is 0.339 e. The lowest BCUT2D eigenvalue weighted by Gasteiger charge is -2.12. The smallest absolute Gasteiger partial charge is 0.0967 e. The molecule has 0 aliphatic carbocycles. The number of nitrogens with one attached hydrogen (secondary N) is 2. The number of aromatic amines is 2. The van der Waals surface area contributed by atoms with Crippen LogP contribution < -0.4 is 0 Å². The van der Waals surface area contributed by atoms with Crippen molar-refractivity contribution in [2.45, 2.75) is 13.0 Å². The van der Waals surface area contributed by atoms with Crippen LogP contribution >= 0.6 is 0 Å². The molecule has 0 fully saturated rings. The third-order valence-electron chi connectivity index (χ3n) is 6.03. The molecule has 3 heterocycles. The Balaban J connectivity index is 1.82. The predicted molar refractivity (Wildman–Crippen MR) is 122 cm³/mol. The molecule has 2 N–H and O–H groups in total. The molecule has 0 aliphatic heterocycles. The van der Waals surface area contributed by atoms with Crippen LogP contribution in [0.25, 0.3) is 54.5 Å². The van der Waals surface area contributed by atoms with Crippen molar-refractivity contribution < 1.29 is 0 Å². The van der Waals surface area contributed by atoms with E-state index in [1.165, 1.54) is 38.0 Å². The summed E-state index contributed by atoms with van der Waals surface area (Å²) in [6, 6.07) is 17.2. The first-order valence-corrected chi connectivity index (χ1v) is 10.2. The van der Waals surface area contributed by atoms with Gasteiger partial charge in [0.1, 0.15) is 0 Å². The van der Waals surface area contributed by atoms with Gasteiger partial charge in [0.25, 0.3) is 0 Å². The number of hydrogen-bond acceptors (Lipinski definition) is 2. The number of aromatic nitrogens is 4. The van der Waals surface area contributed by atoms with Crippen molar-refractivity contribution in [2.75, 3.05) is 20.6 Å². The molecule has 144 valence electrons. The van der Waals surface area contributed by atoms with Crippen LogP contribution in [0.1, 0.15) is 6.42 Å². The first-order chi connectivity index (χ1) is 14.2. The van der Waals surface area contributed by atoms with E-state index in [0.29, 0.717) is 0 Å². The van der Waals surface area contributed by atoms with Crippen LogP contribution in [0, 0.1) is 0 Å². The second kappa shape index (κ2) is 6.09. The fourth-order valence-corrected chi connectivity index (χ4v) is 4.82. The number of para-hydroxylation sites is 2. The molecule has 0 radical (unpaired) electrons. The van der Waals surface area contributed by atoms with Gasteiger partial charge >= 0.3 is 0 Å². The first kappa shape index (κ1) is 16.6. The molecule has 0 atom stereocenters. The average molecular weight is 381 g/mol. The lowest BCUT2D eigenvalue weighted by Crippen LogP contribution is -2.15. The summed E-state index contributed by atoms with van der Waals surface area (Å²) in [7, 11) is 4.27. The first-order valence-electron chi connectivity index (χ1n) is 10.2. The Labute approximate surface area is 167 Å². The molecule has 3 aromatic heterocycles. The molecule has 29 heavy (non-hydrogen) atoms. The fourth-order valence-electron chi connectivity index (χ4n) is 4.82.